The highest BCUT2D eigenvalue weighted by molar-refractivity contribution is 7.38. The van der Waals surface area contributed by atoms with E-state index in [4.69, 9.17) is 0 Å². The molecule has 0 aliphatic rings. The fourth-order valence-electron chi connectivity index (χ4n) is 1.42. The Morgan fingerprint density at radius 2 is 1.54 bits per heavy atom. The quantitative estimate of drug-likeness (QED) is 0.597. The van der Waals surface area contributed by atoms with Gasteiger partial charge in [0, 0.05) is 0 Å². The second-order valence-corrected chi connectivity index (χ2v) is 5.56. The summed E-state index contributed by atoms with van der Waals surface area (Å²) in [6.45, 7) is 6.07. The fraction of sp³-hybridized carbons (Fsp3) is 1.00. The molecular weight excluding hydrogens is 183 g/mol. The Hall–Kier alpha value is 0.0600. The molecule has 1 unspecified atom stereocenters. The van der Waals surface area contributed by atoms with Crippen molar-refractivity contribution in [3.05, 3.63) is 0 Å². The van der Waals surface area contributed by atoms with Crippen LogP contribution >= 0.6 is 8.03 Å². The van der Waals surface area contributed by atoms with Gasteiger partial charge in [0.25, 0.3) is 0 Å². The summed E-state index contributed by atoms with van der Waals surface area (Å²) in [6, 6.07) is 0. The maximum absolute atomic E-state index is 11.1. The van der Waals surface area contributed by atoms with Crippen LogP contribution in [0.4, 0.5) is 0 Å². The zero-order valence-electron chi connectivity index (χ0n) is 9.01. The minimum atomic E-state index is -2.27. The largest absolute Gasteiger partial charge is 0.595 e. The van der Waals surface area contributed by atoms with Gasteiger partial charge in [-0.25, -0.2) is 0 Å². The van der Waals surface area contributed by atoms with Gasteiger partial charge in [0.2, 0.25) is 0 Å². The highest BCUT2D eigenvalue weighted by Crippen LogP contribution is 2.40. The predicted molar refractivity (Wildman–Crippen MR) is 55.1 cm³/mol. The molecule has 0 fully saturated rings. The first kappa shape index (κ1) is 13.1. The monoisotopic (exact) mass is 204 g/mol. The summed E-state index contributed by atoms with van der Waals surface area (Å²) in [5.74, 6) is 0. The van der Waals surface area contributed by atoms with Crippen LogP contribution in [0.1, 0.15) is 59.3 Å². The molecule has 0 amide bonds. The molecular formula is C10H21O2P. The number of hydrogen-bond donors (Lipinski definition) is 0. The van der Waals surface area contributed by atoms with Gasteiger partial charge in [-0.2, -0.15) is 0 Å². The Bertz CT molecular complexity index is 149. The molecule has 0 aliphatic carbocycles. The Morgan fingerprint density at radius 3 is 1.77 bits per heavy atom. The molecule has 0 saturated carbocycles. The zero-order chi connectivity index (χ0) is 10.3. The van der Waals surface area contributed by atoms with Crippen molar-refractivity contribution >= 4 is 8.03 Å². The molecule has 1 atom stereocenters. The lowest BCUT2D eigenvalue weighted by Gasteiger charge is -2.20. The van der Waals surface area contributed by atoms with Crippen molar-refractivity contribution in [3.8, 4) is 0 Å². The molecule has 0 saturated heterocycles. The third-order valence-corrected chi connectivity index (χ3v) is 3.91. The molecule has 0 aromatic carbocycles. The number of hydrogen-bond acceptors (Lipinski definition) is 2. The minimum absolute atomic E-state index is 0.443. The van der Waals surface area contributed by atoms with Crippen molar-refractivity contribution in [2.45, 2.75) is 64.5 Å². The van der Waals surface area contributed by atoms with Gasteiger partial charge >= 0.3 is 8.03 Å². The Labute approximate surface area is 82.6 Å². The highest BCUT2D eigenvalue weighted by Gasteiger charge is 2.35. The van der Waals surface area contributed by atoms with Crippen molar-refractivity contribution in [2.24, 2.45) is 0 Å². The molecule has 0 aliphatic heterocycles. The van der Waals surface area contributed by atoms with Crippen molar-refractivity contribution in [3.63, 3.8) is 0 Å². The van der Waals surface area contributed by atoms with E-state index in [2.05, 4.69) is 13.8 Å². The Balaban J connectivity index is 4.08. The van der Waals surface area contributed by atoms with Gasteiger partial charge in [0.1, 0.15) is 0 Å². The van der Waals surface area contributed by atoms with Crippen LogP contribution < -0.4 is 4.89 Å². The van der Waals surface area contributed by atoms with Crippen LogP contribution in [0.3, 0.4) is 0 Å². The van der Waals surface area contributed by atoms with Gasteiger partial charge < -0.3 is 4.89 Å². The van der Waals surface area contributed by atoms with E-state index >= 15 is 0 Å². The van der Waals surface area contributed by atoms with E-state index in [9.17, 15) is 9.46 Å². The van der Waals surface area contributed by atoms with Gasteiger partial charge in [-0.05, 0) is 32.6 Å². The summed E-state index contributed by atoms with van der Waals surface area (Å²) in [5, 5.41) is -0.443. The maximum Gasteiger partial charge on any atom is 0.314 e. The molecule has 0 aromatic rings. The third-order valence-electron chi connectivity index (χ3n) is 2.58. The van der Waals surface area contributed by atoms with E-state index in [0.29, 0.717) is 0 Å². The summed E-state index contributed by atoms with van der Waals surface area (Å²) in [5.41, 5.74) is 0. The van der Waals surface area contributed by atoms with Crippen LogP contribution in [0, 0.1) is 0 Å². The van der Waals surface area contributed by atoms with Crippen LogP contribution in [-0.4, -0.2) is 5.16 Å². The summed E-state index contributed by atoms with van der Waals surface area (Å²) >= 11 is 0. The smallest absolute Gasteiger partial charge is 0.314 e. The molecule has 78 valence electrons. The molecule has 0 rings (SSSR count). The molecule has 0 N–H and O–H groups in total. The van der Waals surface area contributed by atoms with Gasteiger partial charge in [-0.3, -0.25) is 0 Å². The summed E-state index contributed by atoms with van der Waals surface area (Å²) < 4.78 is 11.1. The van der Waals surface area contributed by atoms with Crippen molar-refractivity contribution < 1.29 is 9.46 Å². The maximum atomic E-state index is 11.1. The minimum Gasteiger partial charge on any atom is -0.595 e. The van der Waals surface area contributed by atoms with E-state index < -0.39 is 13.2 Å². The summed E-state index contributed by atoms with van der Waals surface area (Å²) in [4.78, 5) is 11.1. The summed E-state index contributed by atoms with van der Waals surface area (Å²) in [7, 11) is -2.27. The molecule has 0 heterocycles. The average Bonchev–Trinajstić information content (AvgIpc) is 2.11. The van der Waals surface area contributed by atoms with Crippen LogP contribution in [0.15, 0.2) is 0 Å². The van der Waals surface area contributed by atoms with Crippen LogP contribution in [-0.2, 0) is 4.57 Å². The van der Waals surface area contributed by atoms with E-state index in [1.807, 2.05) is 6.92 Å². The predicted octanol–water partition coefficient (Wildman–Crippen LogP) is 3.23. The molecule has 0 radical (unpaired) electrons. The molecule has 3 heteroatoms. The lowest BCUT2D eigenvalue weighted by molar-refractivity contribution is -0.169. The third kappa shape index (κ3) is 4.73. The van der Waals surface area contributed by atoms with Crippen molar-refractivity contribution in [2.75, 3.05) is 0 Å². The van der Waals surface area contributed by atoms with Crippen LogP contribution in [0.25, 0.3) is 0 Å². The standard InChI is InChI=1S/C10H21O2P/c1-4-6-8-10(3,13(11)12)9-7-5-2/h4-9H2,1-3H3. The Morgan fingerprint density at radius 1 is 1.15 bits per heavy atom. The normalized spacial score (nSPS) is 13.1. The van der Waals surface area contributed by atoms with E-state index in [0.717, 1.165) is 38.5 Å². The fourth-order valence-corrected chi connectivity index (χ4v) is 2.10. The van der Waals surface area contributed by atoms with Gasteiger partial charge in [0.05, 0.1) is 0 Å². The average molecular weight is 204 g/mol. The molecule has 13 heavy (non-hydrogen) atoms. The first-order valence-electron chi connectivity index (χ1n) is 5.21. The van der Waals surface area contributed by atoms with Gasteiger partial charge in [-0.1, -0.05) is 31.3 Å². The molecule has 0 aromatic heterocycles. The van der Waals surface area contributed by atoms with Gasteiger partial charge in [-0.15, -0.1) is 0 Å². The second-order valence-electron chi connectivity index (χ2n) is 3.96. The van der Waals surface area contributed by atoms with E-state index in [1.54, 1.807) is 0 Å². The van der Waals surface area contributed by atoms with Crippen molar-refractivity contribution in [1.82, 2.24) is 0 Å². The molecule has 2 nitrogen and oxygen atoms in total. The van der Waals surface area contributed by atoms with Crippen LogP contribution in [0.2, 0.25) is 0 Å². The first-order chi connectivity index (χ1) is 6.06. The number of unbranched alkanes of at least 4 members (excludes halogenated alkanes) is 2. The molecule has 0 bridgehead atoms. The van der Waals surface area contributed by atoms with E-state index in [-0.39, 0.29) is 0 Å². The first-order valence-corrected chi connectivity index (χ1v) is 6.39. The number of rotatable bonds is 7. The topological polar surface area (TPSA) is 40.1 Å². The second kappa shape index (κ2) is 6.50. The van der Waals surface area contributed by atoms with Crippen LogP contribution in [0.5, 0.6) is 0 Å². The zero-order valence-corrected chi connectivity index (χ0v) is 9.90. The lowest BCUT2D eigenvalue weighted by atomic mass is 9.97. The summed E-state index contributed by atoms with van der Waals surface area (Å²) in [6.07, 6.45) is 5.83. The van der Waals surface area contributed by atoms with Crippen molar-refractivity contribution in [1.29, 1.82) is 0 Å². The Kier molecular flexibility index (Phi) is 6.53. The van der Waals surface area contributed by atoms with E-state index in [1.165, 1.54) is 0 Å². The SMILES string of the molecule is CCCCC(C)(CCCC)[P+](=O)[O-]. The van der Waals surface area contributed by atoms with Gasteiger partial charge in [0.15, 0.2) is 5.16 Å². The lowest BCUT2D eigenvalue weighted by Crippen LogP contribution is -2.23. The molecule has 0 spiro atoms. The highest BCUT2D eigenvalue weighted by atomic mass is 31.1.